The summed E-state index contributed by atoms with van der Waals surface area (Å²) in [4.78, 5) is 22.5. The summed E-state index contributed by atoms with van der Waals surface area (Å²) in [5.74, 6) is -3.10. The number of carboxylic acid groups (broad SMARTS) is 1. The smallest absolute Gasteiger partial charge is 0.416 e. The third-order valence-electron chi connectivity index (χ3n) is 5.43. The molecule has 32 heavy (non-hydrogen) atoms. The second-order valence-corrected chi connectivity index (χ2v) is 7.84. The lowest BCUT2D eigenvalue weighted by Gasteiger charge is -2.21. The van der Waals surface area contributed by atoms with E-state index in [0.717, 1.165) is 0 Å². The molecule has 0 saturated heterocycles. The Labute approximate surface area is 179 Å². The first-order valence-electron chi connectivity index (χ1n) is 10.0. The Morgan fingerprint density at radius 3 is 2.16 bits per heavy atom. The van der Waals surface area contributed by atoms with Crippen LogP contribution in [0.5, 0.6) is 0 Å². The first kappa shape index (κ1) is 26.1. The van der Waals surface area contributed by atoms with E-state index in [1.54, 1.807) is 0 Å². The van der Waals surface area contributed by atoms with Gasteiger partial charge >= 0.3 is 18.3 Å². The third kappa shape index (κ3) is 7.46. The van der Waals surface area contributed by atoms with E-state index in [9.17, 15) is 40.3 Å². The summed E-state index contributed by atoms with van der Waals surface area (Å²) in [6, 6.07) is 1.24. The normalized spacial score (nSPS) is 21.8. The number of ketones is 1. The number of rotatable bonds is 10. The van der Waals surface area contributed by atoms with Crippen molar-refractivity contribution in [3.63, 3.8) is 0 Å². The predicted octanol–water partition coefficient (Wildman–Crippen LogP) is 5.47. The zero-order chi connectivity index (χ0) is 24.1. The van der Waals surface area contributed by atoms with Crippen molar-refractivity contribution in [1.82, 2.24) is 0 Å². The summed E-state index contributed by atoms with van der Waals surface area (Å²) in [6.07, 6.45) is -11.5. The predicted molar refractivity (Wildman–Crippen MR) is 98.6 cm³/mol. The van der Waals surface area contributed by atoms with Crippen LogP contribution in [0.2, 0.25) is 0 Å². The average molecular weight is 472 g/mol. The molecule has 1 fully saturated rings. The Bertz CT molecular complexity index is 772. The highest BCUT2D eigenvalue weighted by Gasteiger charge is 2.43. The number of ether oxygens (including phenoxy) is 1. The number of unbranched alkanes of at least 4 members (excludes halogenated alkanes) is 1. The standard InChI is InChI=1S/C21H23F7O4/c22-17-10-18(29)16(11-32-6-2-1-3-19(30)31)15(17)5-4-12-7-13(20(23,24)25)9-14(8-12)21(26,27)28/h7-9,15-17H,1-6,10-11H2,(H,30,31)/t15-,16-,17?/m1/s1. The molecule has 4 nitrogen and oxygen atoms in total. The van der Waals surface area contributed by atoms with Crippen LogP contribution in [-0.2, 0) is 33.1 Å². The van der Waals surface area contributed by atoms with Crippen molar-refractivity contribution in [2.75, 3.05) is 13.2 Å². The average Bonchev–Trinajstić information content (AvgIpc) is 2.93. The minimum atomic E-state index is -4.97. The van der Waals surface area contributed by atoms with Gasteiger partial charge in [-0.1, -0.05) is 0 Å². The SMILES string of the molecule is O=C(O)CCCCOC[C@H]1C(=O)CC(F)[C@@H]1CCc1cc(C(F)(F)F)cc(C(F)(F)F)c1. The van der Waals surface area contributed by atoms with Gasteiger partial charge in [-0.15, -0.1) is 0 Å². The van der Waals surface area contributed by atoms with Crippen LogP contribution in [0.3, 0.4) is 0 Å². The molecular formula is C21H23F7O4. The molecule has 11 heteroatoms. The fraction of sp³-hybridized carbons (Fsp3) is 0.619. The number of carboxylic acids is 1. The minimum absolute atomic E-state index is 0.0293. The molecule has 1 unspecified atom stereocenters. The van der Waals surface area contributed by atoms with Crippen LogP contribution in [0.15, 0.2) is 18.2 Å². The van der Waals surface area contributed by atoms with E-state index in [1.165, 1.54) is 0 Å². The fourth-order valence-corrected chi connectivity index (χ4v) is 3.77. The number of hydrogen-bond donors (Lipinski definition) is 1. The van der Waals surface area contributed by atoms with Crippen molar-refractivity contribution >= 4 is 11.8 Å². The number of Topliss-reactive ketones (excluding diaryl/α,β-unsaturated/α-hetero) is 1. The number of carbonyl (C=O) groups is 2. The van der Waals surface area contributed by atoms with Crippen molar-refractivity contribution in [3.05, 3.63) is 34.9 Å². The lowest BCUT2D eigenvalue weighted by Crippen LogP contribution is -2.24. The molecule has 0 bridgehead atoms. The van der Waals surface area contributed by atoms with E-state index < -0.39 is 53.2 Å². The molecule has 1 aliphatic carbocycles. The Morgan fingerprint density at radius 1 is 1.03 bits per heavy atom. The Morgan fingerprint density at radius 2 is 1.62 bits per heavy atom. The van der Waals surface area contributed by atoms with Gasteiger partial charge in [-0.05, 0) is 49.4 Å². The van der Waals surface area contributed by atoms with E-state index in [2.05, 4.69) is 0 Å². The van der Waals surface area contributed by atoms with Crippen LogP contribution in [-0.4, -0.2) is 36.2 Å². The van der Waals surface area contributed by atoms with Crippen molar-refractivity contribution in [2.24, 2.45) is 11.8 Å². The molecule has 2 rings (SSSR count). The highest BCUT2D eigenvalue weighted by Crippen LogP contribution is 2.38. The molecule has 0 spiro atoms. The zero-order valence-electron chi connectivity index (χ0n) is 16.9. The van der Waals surface area contributed by atoms with Crippen molar-refractivity contribution in [2.45, 2.75) is 57.0 Å². The molecule has 0 amide bonds. The molecular weight excluding hydrogens is 449 g/mol. The quantitative estimate of drug-likeness (QED) is 0.362. The number of hydrogen-bond acceptors (Lipinski definition) is 3. The van der Waals surface area contributed by atoms with Gasteiger partial charge in [0, 0.05) is 31.3 Å². The molecule has 0 radical (unpaired) electrons. The fourth-order valence-electron chi connectivity index (χ4n) is 3.77. The van der Waals surface area contributed by atoms with E-state index in [-0.39, 0.29) is 50.5 Å². The number of carbonyl (C=O) groups excluding carboxylic acids is 1. The minimum Gasteiger partial charge on any atom is -0.481 e. The molecule has 1 N–H and O–H groups in total. The number of benzene rings is 1. The molecule has 0 heterocycles. The number of aliphatic carboxylic acids is 1. The monoisotopic (exact) mass is 472 g/mol. The maximum Gasteiger partial charge on any atom is 0.416 e. The summed E-state index contributed by atoms with van der Waals surface area (Å²) < 4.78 is 97.7. The van der Waals surface area contributed by atoms with Crippen LogP contribution in [0.4, 0.5) is 30.7 Å². The van der Waals surface area contributed by atoms with Crippen LogP contribution < -0.4 is 0 Å². The lowest BCUT2D eigenvalue weighted by atomic mass is 9.88. The maximum absolute atomic E-state index is 14.3. The maximum atomic E-state index is 14.3. The van der Waals surface area contributed by atoms with Crippen LogP contribution in [0.1, 0.15) is 48.8 Å². The molecule has 1 aromatic carbocycles. The topological polar surface area (TPSA) is 63.6 Å². The molecule has 1 aromatic rings. The van der Waals surface area contributed by atoms with E-state index in [1.807, 2.05) is 0 Å². The Hall–Kier alpha value is -2.17. The first-order valence-corrected chi connectivity index (χ1v) is 10.0. The summed E-state index contributed by atoms with van der Waals surface area (Å²) in [7, 11) is 0. The lowest BCUT2D eigenvalue weighted by molar-refractivity contribution is -0.143. The van der Waals surface area contributed by atoms with Crippen molar-refractivity contribution in [1.29, 1.82) is 0 Å². The molecule has 1 saturated carbocycles. The van der Waals surface area contributed by atoms with E-state index in [0.29, 0.717) is 25.0 Å². The second kappa shape index (κ2) is 10.6. The van der Waals surface area contributed by atoms with Gasteiger partial charge in [0.2, 0.25) is 0 Å². The molecule has 3 atom stereocenters. The van der Waals surface area contributed by atoms with Gasteiger partial charge in [-0.25, -0.2) is 4.39 Å². The van der Waals surface area contributed by atoms with Gasteiger partial charge in [0.15, 0.2) is 0 Å². The van der Waals surface area contributed by atoms with Gasteiger partial charge in [0.05, 0.1) is 17.7 Å². The van der Waals surface area contributed by atoms with Crippen LogP contribution >= 0.6 is 0 Å². The van der Waals surface area contributed by atoms with E-state index in [4.69, 9.17) is 9.84 Å². The highest BCUT2D eigenvalue weighted by atomic mass is 19.4. The summed E-state index contributed by atoms with van der Waals surface area (Å²) in [6.45, 7) is 0.0245. The van der Waals surface area contributed by atoms with Crippen LogP contribution in [0, 0.1) is 11.8 Å². The molecule has 180 valence electrons. The second-order valence-electron chi connectivity index (χ2n) is 7.84. The van der Waals surface area contributed by atoms with Crippen molar-refractivity contribution < 1.29 is 50.2 Å². The van der Waals surface area contributed by atoms with Gasteiger partial charge in [-0.2, -0.15) is 26.3 Å². The van der Waals surface area contributed by atoms with Gasteiger partial charge in [0.25, 0.3) is 0 Å². The van der Waals surface area contributed by atoms with Gasteiger partial charge in [-0.3, -0.25) is 9.59 Å². The summed E-state index contributed by atoms with van der Waals surface area (Å²) in [5, 5.41) is 8.57. The Balaban J connectivity index is 2.03. The van der Waals surface area contributed by atoms with Crippen molar-refractivity contribution in [3.8, 4) is 0 Å². The zero-order valence-corrected chi connectivity index (χ0v) is 16.9. The Kier molecular flexibility index (Phi) is 8.67. The molecule has 1 aliphatic rings. The first-order chi connectivity index (χ1) is 14.8. The van der Waals surface area contributed by atoms with E-state index >= 15 is 0 Å². The molecule has 0 aromatic heterocycles. The molecule has 0 aliphatic heterocycles. The van der Waals surface area contributed by atoms with Gasteiger partial charge < -0.3 is 9.84 Å². The largest absolute Gasteiger partial charge is 0.481 e. The number of aryl methyl sites for hydroxylation is 1. The summed E-state index contributed by atoms with van der Waals surface area (Å²) in [5.41, 5.74) is -3.13. The van der Waals surface area contributed by atoms with Gasteiger partial charge in [0.1, 0.15) is 12.0 Å². The summed E-state index contributed by atoms with van der Waals surface area (Å²) >= 11 is 0. The highest BCUT2D eigenvalue weighted by molar-refractivity contribution is 5.84. The third-order valence-corrected chi connectivity index (χ3v) is 5.43. The number of halogens is 7. The number of alkyl halides is 7. The van der Waals surface area contributed by atoms with Crippen LogP contribution in [0.25, 0.3) is 0 Å².